The number of hydrogen-bond donors (Lipinski definition) is 1. The van der Waals surface area contributed by atoms with Crippen molar-refractivity contribution in [3.63, 3.8) is 0 Å². The maximum absolute atomic E-state index is 5.79. The summed E-state index contributed by atoms with van der Waals surface area (Å²) in [5.41, 5.74) is 1.92. The molecule has 1 saturated heterocycles. The van der Waals surface area contributed by atoms with Gasteiger partial charge in [-0.3, -0.25) is 0 Å². The second-order valence-corrected chi connectivity index (χ2v) is 6.34. The summed E-state index contributed by atoms with van der Waals surface area (Å²) >= 11 is 0. The number of hydrogen-bond acceptors (Lipinski definition) is 2. The van der Waals surface area contributed by atoms with Crippen LogP contribution in [0, 0.1) is 0 Å². The van der Waals surface area contributed by atoms with Gasteiger partial charge in [-0.2, -0.15) is 0 Å². The number of benzene rings is 1. The summed E-state index contributed by atoms with van der Waals surface area (Å²) in [6.07, 6.45) is 8.15. The standard InChI is InChI=1S/C18H27NO/c1-2-19-17(11-10-16-9-6-14-20-16)18(12-13-18)15-7-4-3-5-8-15/h3-5,7-8,16-17,19H,2,6,9-14H2,1H3. The van der Waals surface area contributed by atoms with Crippen molar-refractivity contribution in [3.8, 4) is 0 Å². The Balaban J connectivity index is 1.66. The Morgan fingerprint density at radius 3 is 2.70 bits per heavy atom. The van der Waals surface area contributed by atoms with E-state index in [4.69, 9.17) is 4.74 Å². The SMILES string of the molecule is CCNC(CCC1CCCO1)C1(c2ccccc2)CC1. The zero-order chi connectivity index (χ0) is 13.8. The van der Waals surface area contributed by atoms with Crippen molar-refractivity contribution in [2.24, 2.45) is 0 Å². The van der Waals surface area contributed by atoms with Crippen molar-refractivity contribution in [1.82, 2.24) is 5.32 Å². The number of nitrogens with one attached hydrogen (secondary N) is 1. The molecule has 2 aliphatic rings. The van der Waals surface area contributed by atoms with E-state index in [1.165, 1.54) is 44.1 Å². The van der Waals surface area contributed by atoms with Crippen LogP contribution in [0.1, 0.15) is 51.0 Å². The normalized spacial score (nSPS) is 25.6. The second-order valence-electron chi connectivity index (χ2n) is 6.34. The molecule has 110 valence electrons. The lowest BCUT2D eigenvalue weighted by molar-refractivity contribution is 0.0981. The molecule has 1 aliphatic carbocycles. The summed E-state index contributed by atoms with van der Waals surface area (Å²) in [5, 5.41) is 3.75. The van der Waals surface area contributed by atoms with Gasteiger partial charge >= 0.3 is 0 Å². The van der Waals surface area contributed by atoms with E-state index in [2.05, 4.69) is 42.6 Å². The molecule has 2 nitrogen and oxygen atoms in total. The topological polar surface area (TPSA) is 21.3 Å². The first-order valence-electron chi connectivity index (χ1n) is 8.25. The molecule has 2 unspecified atom stereocenters. The van der Waals surface area contributed by atoms with Gasteiger partial charge in [-0.25, -0.2) is 0 Å². The van der Waals surface area contributed by atoms with Gasteiger partial charge in [0.2, 0.25) is 0 Å². The molecule has 3 rings (SSSR count). The van der Waals surface area contributed by atoms with Crippen molar-refractivity contribution < 1.29 is 4.74 Å². The fourth-order valence-corrected chi connectivity index (χ4v) is 3.79. The largest absolute Gasteiger partial charge is 0.378 e. The zero-order valence-electron chi connectivity index (χ0n) is 12.6. The van der Waals surface area contributed by atoms with Crippen LogP contribution in [0.3, 0.4) is 0 Å². The van der Waals surface area contributed by atoms with Crippen LogP contribution in [0.2, 0.25) is 0 Å². The molecule has 2 heteroatoms. The Morgan fingerprint density at radius 2 is 2.10 bits per heavy atom. The summed E-state index contributed by atoms with van der Waals surface area (Å²) in [7, 11) is 0. The minimum Gasteiger partial charge on any atom is -0.378 e. The number of ether oxygens (including phenoxy) is 1. The van der Waals surface area contributed by atoms with E-state index in [1.807, 2.05) is 0 Å². The fourth-order valence-electron chi connectivity index (χ4n) is 3.79. The predicted octanol–water partition coefficient (Wildman–Crippen LogP) is 3.66. The van der Waals surface area contributed by atoms with Crippen LogP contribution >= 0.6 is 0 Å². The molecular weight excluding hydrogens is 246 g/mol. The molecule has 0 spiro atoms. The highest BCUT2D eigenvalue weighted by Crippen LogP contribution is 2.52. The third kappa shape index (κ3) is 2.91. The molecule has 1 aromatic carbocycles. The van der Waals surface area contributed by atoms with E-state index >= 15 is 0 Å². The Morgan fingerprint density at radius 1 is 1.30 bits per heavy atom. The van der Waals surface area contributed by atoms with Gasteiger partial charge in [-0.05, 0) is 50.6 Å². The molecule has 0 amide bonds. The van der Waals surface area contributed by atoms with Gasteiger partial charge in [0.1, 0.15) is 0 Å². The lowest BCUT2D eigenvalue weighted by atomic mass is 9.84. The summed E-state index contributed by atoms with van der Waals surface area (Å²) in [6.45, 7) is 4.26. The van der Waals surface area contributed by atoms with Gasteiger partial charge in [0.15, 0.2) is 0 Å². The Kier molecular flexibility index (Phi) is 4.42. The second kappa shape index (κ2) is 6.28. The van der Waals surface area contributed by atoms with Crippen LogP contribution in [0.25, 0.3) is 0 Å². The quantitative estimate of drug-likeness (QED) is 0.818. The molecule has 1 aromatic rings. The molecule has 1 N–H and O–H groups in total. The predicted molar refractivity (Wildman–Crippen MR) is 83.0 cm³/mol. The van der Waals surface area contributed by atoms with Gasteiger partial charge in [-0.15, -0.1) is 0 Å². The molecule has 2 atom stereocenters. The van der Waals surface area contributed by atoms with E-state index in [-0.39, 0.29) is 0 Å². The van der Waals surface area contributed by atoms with Crippen molar-refractivity contribution in [2.45, 2.75) is 63.0 Å². The smallest absolute Gasteiger partial charge is 0.0576 e. The lowest BCUT2D eigenvalue weighted by Gasteiger charge is -2.29. The summed E-state index contributed by atoms with van der Waals surface area (Å²) in [5.74, 6) is 0. The molecule has 1 saturated carbocycles. The average molecular weight is 273 g/mol. The summed E-state index contributed by atoms with van der Waals surface area (Å²) in [4.78, 5) is 0. The Labute approximate surface area is 122 Å². The first-order chi connectivity index (χ1) is 9.85. The van der Waals surface area contributed by atoms with Crippen molar-refractivity contribution in [3.05, 3.63) is 35.9 Å². The fraction of sp³-hybridized carbons (Fsp3) is 0.667. The van der Waals surface area contributed by atoms with Gasteiger partial charge < -0.3 is 10.1 Å². The van der Waals surface area contributed by atoms with Gasteiger partial charge in [-0.1, -0.05) is 37.3 Å². The maximum Gasteiger partial charge on any atom is 0.0576 e. The summed E-state index contributed by atoms with van der Waals surface area (Å²) < 4.78 is 5.79. The van der Waals surface area contributed by atoms with E-state index in [0.717, 1.165) is 13.2 Å². The Bertz CT molecular complexity index is 407. The first kappa shape index (κ1) is 14.1. The third-order valence-electron chi connectivity index (χ3n) is 5.06. The number of rotatable bonds is 7. The minimum absolute atomic E-state index is 0.399. The molecule has 20 heavy (non-hydrogen) atoms. The molecule has 2 fully saturated rings. The highest BCUT2D eigenvalue weighted by Gasteiger charge is 2.50. The molecule has 1 heterocycles. The maximum atomic E-state index is 5.79. The van der Waals surface area contributed by atoms with Crippen LogP contribution in [0.5, 0.6) is 0 Å². The molecule has 1 aliphatic heterocycles. The van der Waals surface area contributed by atoms with Crippen LogP contribution in [-0.4, -0.2) is 25.3 Å². The van der Waals surface area contributed by atoms with E-state index in [1.54, 1.807) is 0 Å². The van der Waals surface area contributed by atoms with Gasteiger partial charge in [0.05, 0.1) is 6.10 Å². The van der Waals surface area contributed by atoms with Crippen LogP contribution in [-0.2, 0) is 10.2 Å². The third-order valence-corrected chi connectivity index (χ3v) is 5.06. The summed E-state index contributed by atoms with van der Waals surface area (Å²) in [6, 6.07) is 11.7. The molecule has 0 radical (unpaired) electrons. The van der Waals surface area contributed by atoms with E-state index in [9.17, 15) is 0 Å². The monoisotopic (exact) mass is 273 g/mol. The van der Waals surface area contributed by atoms with E-state index < -0.39 is 0 Å². The van der Waals surface area contributed by atoms with Gasteiger partial charge in [0.25, 0.3) is 0 Å². The highest BCUT2D eigenvalue weighted by atomic mass is 16.5. The first-order valence-corrected chi connectivity index (χ1v) is 8.25. The number of likely N-dealkylation sites (N-methyl/N-ethyl adjacent to an activating group) is 1. The van der Waals surface area contributed by atoms with Gasteiger partial charge in [0, 0.05) is 18.1 Å². The van der Waals surface area contributed by atoms with Crippen LogP contribution < -0.4 is 5.32 Å². The zero-order valence-corrected chi connectivity index (χ0v) is 12.6. The van der Waals surface area contributed by atoms with Crippen LogP contribution in [0.4, 0.5) is 0 Å². The Hall–Kier alpha value is -0.860. The molecule has 0 aromatic heterocycles. The van der Waals surface area contributed by atoms with Crippen molar-refractivity contribution in [1.29, 1.82) is 0 Å². The highest BCUT2D eigenvalue weighted by molar-refractivity contribution is 5.33. The van der Waals surface area contributed by atoms with E-state index in [0.29, 0.717) is 17.6 Å². The lowest BCUT2D eigenvalue weighted by Crippen LogP contribution is -2.40. The molecular formula is C18H27NO. The molecule has 0 bridgehead atoms. The van der Waals surface area contributed by atoms with Crippen molar-refractivity contribution >= 4 is 0 Å². The average Bonchev–Trinajstić information content (AvgIpc) is 3.14. The van der Waals surface area contributed by atoms with Crippen LogP contribution in [0.15, 0.2) is 30.3 Å². The van der Waals surface area contributed by atoms with Crippen molar-refractivity contribution in [2.75, 3.05) is 13.2 Å². The minimum atomic E-state index is 0.399.